The van der Waals surface area contributed by atoms with E-state index < -0.39 is 10.4 Å². The maximum Gasteiger partial charge on any atom is 0.353 e. The minimum atomic E-state index is -1.53. The topological polar surface area (TPSA) is 75.3 Å². The average Bonchev–Trinajstić information content (AvgIpc) is 1.95. The van der Waals surface area contributed by atoms with Gasteiger partial charge in [-0.1, -0.05) is 34.8 Å². The van der Waals surface area contributed by atoms with Gasteiger partial charge in [0, 0.05) is 0 Å². The van der Waals surface area contributed by atoms with Crippen LogP contribution >= 0.6 is 34.8 Å². The Bertz CT molecular complexity index is 322. The highest BCUT2D eigenvalue weighted by molar-refractivity contribution is 6.50. The summed E-state index contributed by atoms with van der Waals surface area (Å²) < 4.78 is -1.53. The number of halogens is 3. The van der Waals surface area contributed by atoms with Gasteiger partial charge in [0.2, 0.25) is 4.46 Å². The molecular weight excluding hydrogens is 238 g/mol. The molecule has 0 aliphatic carbocycles. The SMILES string of the molecule is NC1=CC(Cl)(Cl)NC(C(=O)O)=C1Cl. The van der Waals surface area contributed by atoms with Crippen molar-refractivity contribution in [1.29, 1.82) is 0 Å². The summed E-state index contributed by atoms with van der Waals surface area (Å²) >= 11 is 16.8. The zero-order valence-corrected chi connectivity index (χ0v) is 8.41. The Hall–Kier alpha value is -0.580. The molecule has 0 saturated heterocycles. The molecule has 0 aromatic heterocycles. The zero-order chi connectivity index (χ0) is 10.2. The lowest BCUT2D eigenvalue weighted by Gasteiger charge is -2.24. The molecule has 0 unspecified atom stereocenters. The standard InChI is InChI=1S/C6H5Cl3N2O2/c7-3-2(10)1-6(8,9)11-4(3)5(12)13/h1,11H,10H2,(H,12,13). The van der Waals surface area contributed by atoms with Gasteiger partial charge in [0.05, 0.1) is 10.7 Å². The first kappa shape index (κ1) is 10.5. The van der Waals surface area contributed by atoms with E-state index in [4.69, 9.17) is 45.6 Å². The highest BCUT2D eigenvalue weighted by atomic mass is 35.5. The molecule has 1 aliphatic heterocycles. The van der Waals surface area contributed by atoms with E-state index in [0.29, 0.717) is 0 Å². The average molecular weight is 243 g/mol. The van der Waals surface area contributed by atoms with Crippen molar-refractivity contribution in [3.05, 3.63) is 22.5 Å². The first-order valence-corrected chi connectivity index (χ1v) is 4.24. The number of carbonyl (C=O) groups is 1. The lowest BCUT2D eigenvalue weighted by molar-refractivity contribution is -0.133. The van der Waals surface area contributed by atoms with Crippen LogP contribution in [0.3, 0.4) is 0 Å². The molecule has 13 heavy (non-hydrogen) atoms. The van der Waals surface area contributed by atoms with Crippen molar-refractivity contribution in [3.63, 3.8) is 0 Å². The summed E-state index contributed by atoms with van der Waals surface area (Å²) in [5.74, 6) is -1.27. The molecule has 0 aromatic carbocycles. The van der Waals surface area contributed by atoms with Gasteiger partial charge in [0.15, 0.2) is 0 Å². The molecule has 72 valence electrons. The van der Waals surface area contributed by atoms with Crippen LogP contribution in [0.4, 0.5) is 0 Å². The third kappa shape index (κ3) is 2.21. The van der Waals surface area contributed by atoms with Crippen molar-refractivity contribution in [2.45, 2.75) is 4.46 Å². The van der Waals surface area contributed by atoms with Crippen LogP contribution in [0, 0.1) is 0 Å². The Labute approximate surface area is 88.9 Å². The molecule has 0 fully saturated rings. The Morgan fingerprint density at radius 2 is 2.15 bits per heavy atom. The number of nitrogens with two attached hydrogens (primary N) is 1. The third-order valence-electron chi connectivity index (χ3n) is 1.32. The fourth-order valence-corrected chi connectivity index (χ4v) is 1.41. The van der Waals surface area contributed by atoms with Gasteiger partial charge < -0.3 is 16.2 Å². The lowest BCUT2D eigenvalue weighted by atomic mass is 10.2. The van der Waals surface area contributed by atoms with Crippen molar-refractivity contribution in [2.75, 3.05) is 0 Å². The lowest BCUT2D eigenvalue weighted by Crippen LogP contribution is -2.39. The van der Waals surface area contributed by atoms with Crippen LogP contribution in [-0.4, -0.2) is 15.5 Å². The first-order chi connectivity index (χ1) is 5.83. The van der Waals surface area contributed by atoms with Crippen LogP contribution in [0.25, 0.3) is 0 Å². The molecule has 4 N–H and O–H groups in total. The maximum absolute atomic E-state index is 10.6. The van der Waals surface area contributed by atoms with Crippen LogP contribution in [0.1, 0.15) is 0 Å². The molecule has 1 rings (SSSR count). The van der Waals surface area contributed by atoms with Crippen LogP contribution in [0.15, 0.2) is 22.5 Å². The number of carboxylic acids is 1. The fourth-order valence-electron chi connectivity index (χ4n) is 0.808. The molecule has 0 saturated carbocycles. The van der Waals surface area contributed by atoms with Gasteiger partial charge in [0.25, 0.3) is 0 Å². The second-order valence-corrected chi connectivity index (χ2v) is 4.11. The maximum atomic E-state index is 10.6. The van der Waals surface area contributed by atoms with Gasteiger partial charge in [-0.15, -0.1) is 0 Å². The number of dihydropyridines is 1. The third-order valence-corrected chi connectivity index (χ3v) is 2.13. The number of allylic oxidation sites excluding steroid dienone is 1. The van der Waals surface area contributed by atoms with E-state index in [-0.39, 0.29) is 16.4 Å². The van der Waals surface area contributed by atoms with E-state index in [2.05, 4.69) is 5.32 Å². The van der Waals surface area contributed by atoms with E-state index in [1.165, 1.54) is 6.08 Å². The van der Waals surface area contributed by atoms with E-state index in [0.717, 1.165) is 0 Å². The minimum absolute atomic E-state index is 0.0304. The zero-order valence-electron chi connectivity index (χ0n) is 6.14. The Kier molecular flexibility index (Phi) is 2.66. The quantitative estimate of drug-likeness (QED) is 0.476. The number of hydrogen-bond acceptors (Lipinski definition) is 3. The summed E-state index contributed by atoms with van der Waals surface area (Å²) in [5, 5.41) is 10.8. The number of rotatable bonds is 1. The van der Waals surface area contributed by atoms with E-state index in [1.807, 2.05) is 0 Å². The van der Waals surface area contributed by atoms with Crippen LogP contribution in [-0.2, 0) is 4.79 Å². The molecule has 7 heteroatoms. The molecule has 0 radical (unpaired) electrons. The fraction of sp³-hybridized carbons (Fsp3) is 0.167. The number of aliphatic carboxylic acids is 1. The smallest absolute Gasteiger partial charge is 0.353 e. The van der Waals surface area contributed by atoms with Gasteiger partial charge in [-0.25, -0.2) is 4.79 Å². The number of alkyl halides is 2. The first-order valence-electron chi connectivity index (χ1n) is 3.11. The highest BCUT2D eigenvalue weighted by Crippen LogP contribution is 2.30. The van der Waals surface area contributed by atoms with E-state index in [9.17, 15) is 4.79 Å². The van der Waals surface area contributed by atoms with Crippen molar-refractivity contribution in [2.24, 2.45) is 5.73 Å². The molecule has 0 amide bonds. The normalized spacial score (nSPS) is 20.7. The Morgan fingerprint density at radius 1 is 1.62 bits per heavy atom. The van der Waals surface area contributed by atoms with Gasteiger partial charge in [0.1, 0.15) is 5.70 Å². The van der Waals surface area contributed by atoms with Crippen LogP contribution < -0.4 is 11.1 Å². The van der Waals surface area contributed by atoms with Gasteiger partial charge >= 0.3 is 5.97 Å². The number of nitrogens with one attached hydrogen (secondary N) is 1. The summed E-state index contributed by atoms with van der Waals surface area (Å²) in [7, 11) is 0. The predicted molar refractivity (Wildman–Crippen MR) is 50.4 cm³/mol. The molecule has 4 nitrogen and oxygen atoms in total. The Balaban J connectivity index is 3.14. The molecule has 1 aliphatic rings. The summed E-state index contributed by atoms with van der Waals surface area (Å²) in [6.07, 6.45) is 1.21. The van der Waals surface area contributed by atoms with Crippen molar-refractivity contribution >= 4 is 40.8 Å². The number of carboxylic acid groups (broad SMARTS) is 1. The second-order valence-electron chi connectivity index (χ2n) is 2.34. The summed E-state index contributed by atoms with van der Waals surface area (Å²) in [4.78, 5) is 10.6. The summed E-state index contributed by atoms with van der Waals surface area (Å²) in [6, 6.07) is 0. The molecule has 0 aromatic rings. The van der Waals surface area contributed by atoms with Gasteiger partial charge in [-0.05, 0) is 6.08 Å². The molecule has 0 bridgehead atoms. The highest BCUT2D eigenvalue weighted by Gasteiger charge is 2.31. The van der Waals surface area contributed by atoms with Crippen molar-refractivity contribution in [3.8, 4) is 0 Å². The molecule has 1 heterocycles. The summed E-state index contributed by atoms with van der Waals surface area (Å²) in [5.41, 5.74) is 5.10. The molecular formula is C6H5Cl3N2O2. The number of hydrogen-bond donors (Lipinski definition) is 3. The van der Waals surface area contributed by atoms with E-state index >= 15 is 0 Å². The minimum Gasteiger partial charge on any atom is -0.477 e. The van der Waals surface area contributed by atoms with Crippen LogP contribution in [0.5, 0.6) is 0 Å². The largest absolute Gasteiger partial charge is 0.477 e. The van der Waals surface area contributed by atoms with Gasteiger partial charge in [-0.2, -0.15) is 0 Å². The predicted octanol–water partition coefficient (Wildman–Crippen LogP) is 1.10. The van der Waals surface area contributed by atoms with Gasteiger partial charge in [-0.3, -0.25) is 0 Å². The second kappa shape index (κ2) is 3.29. The van der Waals surface area contributed by atoms with Crippen molar-refractivity contribution < 1.29 is 9.90 Å². The Morgan fingerprint density at radius 3 is 2.62 bits per heavy atom. The molecule has 0 atom stereocenters. The van der Waals surface area contributed by atoms with Crippen LogP contribution in [0.2, 0.25) is 0 Å². The summed E-state index contributed by atoms with van der Waals surface area (Å²) in [6.45, 7) is 0. The molecule has 0 spiro atoms. The monoisotopic (exact) mass is 242 g/mol. The van der Waals surface area contributed by atoms with E-state index in [1.54, 1.807) is 0 Å². The van der Waals surface area contributed by atoms with Crippen molar-refractivity contribution in [1.82, 2.24) is 5.32 Å².